The molecule has 2 N–H and O–H groups in total. The lowest BCUT2D eigenvalue weighted by molar-refractivity contribution is 0.106. The van der Waals surface area contributed by atoms with Gasteiger partial charge in [0.2, 0.25) is 0 Å². The minimum Gasteiger partial charge on any atom is -0.375 e. The second-order valence-corrected chi connectivity index (χ2v) is 6.88. The van der Waals surface area contributed by atoms with Gasteiger partial charge in [-0.15, -0.1) is 0 Å². The van der Waals surface area contributed by atoms with Gasteiger partial charge in [0, 0.05) is 37.5 Å². The van der Waals surface area contributed by atoms with E-state index in [4.69, 9.17) is 16.3 Å². The minimum absolute atomic E-state index is 0.0574. The summed E-state index contributed by atoms with van der Waals surface area (Å²) in [7, 11) is 3.51. The molecule has 0 saturated carbocycles. The Morgan fingerprint density at radius 3 is 3.05 bits per heavy atom. The Morgan fingerprint density at radius 2 is 2.41 bits per heavy atom. The monoisotopic (exact) mass is 341 g/mol. The zero-order chi connectivity index (χ0) is 15.8. The Labute approximate surface area is 142 Å². The van der Waals surface area contributed by atoms with E-state index in [0.717, 1.165) is 22.3 Å². The second-order valence-electron chi connectivity index (χ2n) is 5.29. The van der Waals surface area contributed by atoms with Gasteiger partial charge in [0.15, 0.2) is 5.96 Å². The van der Waals surface area contributed by atoms with Crippen molar-refractivity contribution in [3.8, 4) is 0 Å². The van der Waals surface area contributed by atoms with E-state index in [1.807, 2.05) is 36.0 Å². The van der Waals surface area contributed by atoms with Crippen molar-refractivity contribution in [2.45, 2.75) is 25.0 Å². The average molecular weight is 342 g/mol. The first-order chi connectivity index (χ1) is 10.7. The molecular formula is C16H24ClN3OS. The predicted molar refractivity (Wildman–Crippen MR) is 96.0 cm³/mol. The summed E-state index contributed by atoms with van der Waals surface area (Å²) in [4.78, 5) is 4.30. The number of hydrogen-bond acceptors (Lipinski definition) is 3. The quantitative estimate of drug-likeness (QED) is 0.638. The summed E-state index contributed by atoms with van der Waals surface area (Å²) in [5.41, 5.74) is 1.06. The van der Waals surface area contributed by atoms with Crippen molar-refractivity contribution in [3.05, 3.63) is 34.9 Å². The van der Waals surface area contributed by atoms with Crippen LogP contribution < -0.4 is 10.6 Å². The summed E-state index contributed by atoms with van der Waals surface area (Å²) in [6, 6.07) is 8.26. The summed E-state index contributed by atoms with van der Waals surface area (Å²) < 4.78 is 5.57. The zero-order valence-electron chi connectivity index (χ0n) is 13.1. The number of guanidine groups is 1. The summed E-state index contributed by atoms with van der Waals surface area (Å²) in [5, 5.41) is 7.55. The summed E-state index contributed by atoms with van der Waals surface area (Å²) >= 11 is 8.05. The van der Waals surface area contributed by atoms with E-state index in [1.54, 1.807) is 14.2 Å². The van der Waals surface area contributed by atoms with Gasteiger partial charge in [-0.1, -0.05) is 23.7 Å². The molecule has 1 aliphatic heterocycles. The van der Waals surface area contributed by atoms with Crippen LogP contribution in [0.3, 0.4) is 0 Å². The Balaban J connectivity index is 1.87. The fourth-order valence-corrected chi connectivity index (χ4v) is 3.75. The lowest BCUT2D eigenvalue weighted by atomic mass is 10.1. The highest BCUT2D eigenvalue weighted by atomic mass is 35.5. The van der Waals surface area contributed by atoms with E-state index >= 15 is 0 Å². The largest absolute Gasteiger partial charge is 0.375 e. The zero-order valence-corrected chi connectivity index (χ0v) is 14.7. The molecule has 0 bridgehead atoms. The molecular weight excluding hydrogens is 318 g/mol. The molecule has 0 amide bonds. The van der Waals surface area contributed by atoms with Gasteiger partial charge >= 0.3 is 0 Å². The maximum Gasteiger partial charge on any atom is 0.191 e. The lowest BCUT2D eigenvalue weighted by Gasteiger charge is -2.25. The van der Waals surface area contributed by atoms with Crippen molar-refractivity contribution in [3.63, 3.8) is 0 Å². The lowest BCUT2D eigenvalue weighted by Crippen LogP contribution is -2.46. The normalized spacial score (nSPS) is 20.5. The number of methoxy groups -OCH3 is 1. The second kappa shape index (κ2) is 9.28. The van der Waals surface area contributed by atoms with E-state index in [-0.39, 0.29) is 6.10 Å². The predicted octanol–water partition coefficient (Wildman–Crippen LogP) is 3.09. The van der Waals surface area contributed by atoms with Crippen molar-refractivity contribution in [1.29, 1.82) is 0 Å². The third-order valence-electron chi connectivity index (χ3n) is 3.68. The van der Waals surface area contributed by atoms with Gasteiger partial charge < -0.3 is 15.4 Å². The Bertz CT molecular complexity index is 492. The van der Waals surface area contributed by atoms with Crippen LogP contribution in [0.1, 0.15) is 24.5 Å². The molecule has 122 valence electrons. The fraction of sp³-hybridized carbons (Fsp3) is 0.562. The van der Waals surface area contributed by atoms with Gasteiger partial charge in [0.25, 0.3) is 0 Å². The van der Waals surface area contributed by atoms with Crippen LogP contribution in [-0.2, 0) is 4.74 Å². The number of nitrogens with one attached hydrogen (secondary N) is 2. The third-order valence-corrected chi connectivity index (χ3v) is 5.14. The average Bonchev–Trinajstić information content (AvgIpc) is 2.55. The molecule has 0 radical (unpaired) electrons. The van der Waals surface area contributed by atoms with E-state index in [1.165, 1.54) is 18.6 Å². The molecule has 2 unspecified atom stereocenters. The molecule has 0 aromatic heterocycles. The first-order valence-corrected chi connectivity index (χ1v) is 9.09. The van der Waals surface area contributed by atoms with Crippen LogP contribution in [-0.4, -0.2) is 44.2 Å². The fourth-order valence-electron chi connectivity index (χ4n) is 2.48. The summed E-state index contributed by atoms with van der Waals surface area (Å²) in [6.45, 7) is 0.649. The number of rotatable bonds is 5. The van der Waals surface area contributed by atoms with Crippen molar-refractivity contribution in [2.75, 3.05) is 32.2 Å². The van der Waals surface area contributed by atoms with Crippen molar-refractivity contribution >= 4 is 29.3 Å². The topological polar surface area (TPSA) is 45.7 Å². The van der Waals surface area contributed by atoms with Gasteiger partial charge in [-0.05, 0) is 36.3 Å². The maximum absolute atomic E-state index is 6.05. The van der Waals surface area contributed by atoms with Gasteiger partial charge in [-0.2, -0.15) is 11.8 Å². The molecule has 1 aliphatic rings. The minimum atomic E-state index is -0.0574. The Hall–Kier alpha value is -0.910. The van der Waals surface area contributed by atoms with Crippen molar-refractivity contribution < 1.29 is 4.74 Å². The van der Waals surface area contributed by atoms with Crippen molar-refractivity contribution in [1.82, 2.24) is 10.6 Å². The molecule has 22 heavy (non-hydrogen) atoms. The maximum atomic E-state index is 6.05. The van der Waals surface area contributed by atoms with Crippen LogP contribution in [0.2, 0.25) is 5.02 Å². The molecule has 1 heterocycles. The van der Waals surface area contributed by atoms with Crippen LogP contribution in [0.4, 0.5) is 0 Å². The molecule has 1 aromatic rings. The first kappa shape index (κ1) is 17.4. The van der Waals surface area contributed by atoms with E-state index in [2.05, 4.69) is 15.6 Å². The molecule has 1 fully saturated rings. The van der Waals surface area contributed by atoms with Crippen LogP contribution in [0.25, 0.3) is 0 Å². The van der Waals surface area contributed by atoms with Crippen molar-refractivity contribution in [2.24, 2.45) is 4.99 Å². The van der Waals surface area contributed by atoms with E-state index in [0.29, 0.717) is 12.6 Å². The number of ether oxygens (including phenoxy) is 1. The Kier molecular flexibility index (Phi) is 7.36. The van der Waals surface area contributed by atoms with Crippen LogP contribution >= 0.6 is 23.4 Å². The highest BCUT2D eigenvalue weighted by molar-refractivity contribution is 7.99. The van der Waals surface area contributed by atoms with Crippen LogP contribution in [0.5, 0.6) is 0 Å². The highest BCUT2D eigenvalue weighted by Crippen LogP contribution is 2.20. The molecule has 0 spiro atoms. The van der Waals surface area contributed by atoms with Crippen LogP contribution in [0, 0.1) is 0 Å². The van der Waals surface area contributed by atoms with Gasteiger partial charge in [0.05, 0.1) is 6.10 Å². The Morgan fingerprint density at radius 1 is 1.55 bits per heavy atom. The standard InChI is InChI=1S/C16H24ClN3OS/c1-18-16(20-14-7-4-8-22-11-14)19-10-15(21-2)12-5-3-6-13(17)9-12/h3,5-6,9,14-15H,4,7-8,10-11H2,1-2H3,(H2,18,19,20). The third kappa shape index (κ3) is 5.38. The van der Waals surface area contributed by atoms with Gasteiger partial charge in [-0.25, -0.2) is 0 Å². The van der Waals surface area contributed by atoms with E-state index < -0.39 is 0 Å². The summed E-state index contributed by atoms with van der Waals surface area (Å²) in [5.74, 6) is 3.24. The smallest absolute Gasteiger partial charge is 0.191 e. The number of aliphatic imine (C=N–C) groups is 1. The molecule has 6 heteroatoms. The van der Waals surface area contributed by atoms with Crippen LogP contribution in [0.15, 0.2) is 29.3 Å². The van der Waals surface area contributed by atoms with E-state index in [9.17, 15) is 0 Å². The number of halogens is 1. The SMILES string of the molecule is CN=C(NCC(OC)c1cccc(Cl)c1)NC1CCCSC1. The molecule has 2 rings (SSSR count). The summed E-state index contributed by atoms with van der Waals surface area (Å²) in [6.07, 6.45) is 2.41. The van der Waals surface area contributed by atoms with Gasteiger partial charge in [0.1, 0.15) is 0 Å². The molecule has 1 saturated heterocycles. The number of nitrogens with zero attached hydrogens (tertiary/aromatic N) is 1. The first-order valence-electron chi connectivity index (χ1n) is 7.56. The van der Waals surface area contributed by atoms with Gasteiger partial charge in [-0.3, -0.25) is 4.99 Å². The molecule has 1 aromatic carbocycles. The molecule has 2 atom stereocenters. The number of benzene rings is 1. The molecule has 4 nitrogen and oxygen atoms in total. The molecule has 0 aliphatic carbocycles. The number of hydrogen-bond donors (Lipinski definition) is 2. The number of thioether (sulfide) groups is 1. The highest BCUT2D eigenvalue weighted by Gasteiger charge is 2.16.